The Bertz CT molecular complexity index is 425. The molecule has 0 amide bonds. The molecule has 2 atom stereocenters. The van der Waals surface area contributed by atoms with Gasteiger partial charge in [0.1, 0.15) is 0 Å². The number of benzene rings is 1. The molecule has 0 radical (unpaired) electrons. The minimum absolute atomic E-state index is 0.0700. The fourth-order valence-electron chi connectivity index (χ4n) is 1.31. The number of rotatable bonds is 3. The number of carbonyl (C=O) groups is 1. The first-order valence-electron chi connectivity index (χ1n) is 4.41. The van der Waals surface area contributed by atoms with Crippen LogP contribution < -0.4 is 5.23 Å². The number of carbonyl (C=O) groups excluding carboxylic acids is 1. The number of methoxy groups -OCH3 is 1. The Morgan fingerprint density at radius 2 is 2.25 bits per heavy atom. The van der Waals surface area contributed by atoms with E-state index in [0.29, 0.717) is 0 Å². The molecule has 0 spiro atoms. The van der Waals surface area contributed by atoms with Crippen LogP contribution in [0.4, 0.5) is 5.69 Å². The largest absolute Gasteiger partial charge is 0.595 e. The molecule has 16 heavy (non-hydrogen) atoms. The van der Waals surface area contributed by atoms with Crippen LogP contribution in [0.5, 0.6) is 0 Å². The Hall–Kier alpha value is -1.94. The molecule has 1 rings (SSSR count). The van der Waals surface area contributed by atoms with Gasteiger partial charge in [0.05, 0.1) is 13.2 Å². The fourth-order valence-corrected chi connectivity index (χ4v) is 1.31. The highest BCUT2D eigenvalue weighted by Gasteiger charge is 2.26. The number of nitriles is 1. The maximum Gasteiger partial charge on any atom is 0.327 e. The van der Waals surface area contributed by atoms with Crippen molar-refractivity contribution in [3.63, 3.8) is 0 Å². The van der Waals surface area contributed by atoms with Crippen LogP contribution >= 0.6 is 0 Å². The second-order valence-corrected chi connectivity index (χ2v) is 2.98. The zero-order valence-corrected chi connectivity index (χ0v) is 8.51. The van der Waals surface area contributed by atoms with Gasteiger partial charge in [-0.3, -0.25) is 4.79 Å². The first-order chi connectivity index (χ1) is 7.61. The molecule has 0 bridgehead atoms. The number of esters is 1. The van der Waals surface area contributed by atoms with Gasteiger partial charge in [-0.2, -0.15) is 10.5 Å². The van der Waals surface area contributed by atoms with E-state index in [9.17, 15) is 10.0 Å². The second kappa shape index (κ2) is 5.23. The maximum atomic E-state index is 11.3. The predicted molar refractivity (Wildman–Crippen MR) is 52.6 cm³/mol. The molecule has 1 aromatic rings. The first-order valence-corrected chi connectivity index (χ1v) is 4.41. The van der Waals surface area contributed by atoms with Gasteiger partial charge in [0.25, 0.3) is 0 Å². The lowest BCUT2D eigenvalue weighted by atomic mass is 9.99. The summed E-state index contributed by atoms with van der Waals surface area (Å²) in [5.74, 6) is -1.98. The van der Waals surface area contributed by atoms with Crippen LogP contribution in [0.1, 0.15) is 11.5 Å². The molecule has 84 valence electrons. The Labute approximate surface area is 91.8 Å². The molecule has 0 heterocycles. The Kier molecular flexibility index (Phi) is 3.96. The number of hydrogen-bond acceptors (Lipinski definition) is 5. The van der Waals surface area contributed by atoms with E-state index in [1.807, 2.05) is 0 Å². The van der Waals surface area contributed by atoms with Crippen molar-refractivity contribution in [2.75, 3.05) is 7.11 Å². The Morgan fingerprint density at radius 1 is 1.62 bits per heavy atom. The lowest BCUT2D eigenvalue weighted by Gasteiger charge is -2.16. The highest BCUT2D eigenvalue weighted by molar-refractivity contribution is 5.82. The van der Waals surface area contributed by atoms with Crippen molar-refractivity contribution in [3.05, 3.63) is 35.0 Å². The number of para-hydroxylation sites is 1. The quantitative estimate of drug-likeness (QED) is 0.548. The van der Waals surface area contributed by atoms with Crippen LogP contribution in [-0.2, 0) is 9.53 Å². The van der Waals surface area contributed by atoms with Crippen molar-refractivity contribution in [2.24, 2.45) is 0 Å². The minimum Gasteiger partial charge on any atom is -0.595 e. The van der Waals surface area contributed by atoms with Crippen LogP contribution in [-0.4, -0.2) is 18.3 Å². The molecule has 1 aromatic carbocycles. The van der Waals surface area contributed by atoms with E-state index in [4.69, 9.17) is 10.5 Å². The molecule has 0 saturated heterocycles. The van der Waals surface area contributed by atoms with E-state index in [0.717, 1.165) is 7.11 Å². The van der Waals surface area contributed by atoms with Gasteiger partial charge in [0, 0.05) is 11.6 Å². The fraction of sp³-hybridized carbons (Fsp3) is 0.200. The summed E-state index contributed by atoms with van der Waals surface area (Å²) in [5.41, 5.74) is 0.0730. The van der Waals surface area contributed by atoms with E-state index in [-0.39, 0.29) is 11.3 Å². The van der Waals surface area contributed by atoms with Gasteiger partial charge in [0.15, 0.2) is 11.6 Å². The normalized spacial score (nSPS) is 13.6. The molecule has 0 aliphatic carbocycles. The standard InChI is InChI=1S/C10H10N2O4/c1-16-10(13)8(6-11)7-4-2-3-5-9(7)12(14)15/h2-5,8,12,14H,1H3/t8-/m1/s1. The van der Waals surface area contributed by atoms with Gasteiger partial charge in [0.2, 0.25) is 0 Å². The molecule has 0 saturated carbocycles. The highest BCUT2D eigenvalue weighted by atomic mass is 16.8. The summed E-state index contributed by atoms with van der Waals surface area (Å²) in [5, 5.41) is 27.5. The van der Waals surface area contributed by atoms with Crippen molar-refractivity contribution < 1.29 is 20.0 Å². The van der Waals surface area contributed by atoms with E-state index < -0.39 is 17.1 Å². The van der Waals surface area contributed by atoms with Crippen LogP contribution in [0.25, 0.3) is 0 Å². The molecule has 2 N–H and O–H groups in total. The molecular weight excluding hydrogens is 212 g/mol. The zero-order valence-electron chi connectivity index (χ0n) is 8.51. The number of ether oxygens (including phenoxy) is 1. The minimum atomic E-state index is -1.21. The van der Waals surface area contributed by atoms with E-state index >= 15 is 0 Å². The number of nitrogens with one attached hydrogen (secondary N) is 1. The molecule has 0 aliphatic rings. The Balaban J connectivity index is 3.21. The van der Waals surface area contributed by atoms with Gasteiger partial charge < -0.3 is 9.94 Å². The molecule has 0 aromatic heterocycles. The van der Waals surface area contributed by atoms with Crippen molar-refractivity contribution in [1.29, 1.82) is 5.26 Å². The van der Waals surface area contributed by atoms with Crippen molar-refractivity contribution in [2.45, 2.75) is 5.92 Å². The number of quaternary nitrogens is 1. The summed E-state index contributed by atoms with van der Waals surface area (Å²) in [4.78, 5) is 11.3. The van der Waals surface area contributed by atoms with Gasteiger partial charge in [-0.15, -0.1) is 0 Å². The van der Waals surface area contributed by atoms with Crippen LogP contribution in [0.2, 0.25) is 0 Å². The lowest BCUT2D eigenvalue weighted by molar-refractivity contribution is -0.991. The van der Waals surface area contributed by atoms with Gasteiger partial charge in [-0.1, -0.05) is 18.2 Å². The predicted octanol–water partition coefficient (Wildman–Crippen LogP) is -0.130. The Morgan fingerprint density at radius 3 is 2.75 bits per heavy atom. The average molecular weight is 222 g/mol. The first kappa shape index (κ1) is 12.1. The zero-order chi connectivity index (χ0) is 12.1. The van der Waals surface area contributed by atoms with Gasteiger partial charge in [-0.05, 0) is 0 Å². The molecule has 0 aliphatic heterocycles. The third-order valence-corrected chi connectivity index (χ3v) is 2.07. The third-order valence-electron chi connectivity index (χ3n) is 2.07. The van der Waals surface area contributed by atoms with Crippen molar-refractivity contribution >= 4 is 11.7 Å². The topological polar surface area (TPSA) is 97.8 Å². The maximum absolute atomic E-state index is 11.3. The monoisotopic (exact) mass is 222 g/mol. The van der Waals surface area contributed by atoms with Crippen LogP contribution in [0, 0.1) is 16.5 Å². The molecule has 6 nitrogen and oxygen atoms in total. The second-order valence-electron chi connectivity index (χ2n) is 2.98. The summed E-state index contributed by atoms with van der Waals surface area (Å²) >= 11 is 0. The molecular formula is C10H10N2O4. The van der Waals surface area contributed by atoms with E-state index in [1.54, 1.807) is 12.1 Å². The van der Waals surface area contributed by atoms with E-state index in [2.05, 4.69) is 4.74 Å². The smallest absolute Gasteiger partial charge is 0.327 e. The third kappa shape index (κ3) is 2.35. The molecule has 0 fully saturated rings. The number of nitrogens with zero attached hydrogens (tertiary/aromatic N) is 1. The summed E-state index contributed by atoms with van der Waals surface area (Å²) in [6.45, 7) is 0. The lowest BCUT2D eigenvalue weighted by Crippen LogP contribution is -2.99. The van der Waals surface area contributed by atoms with Crippen molar-refractivity contribution in [3.8, 4) is 6.07 Å². The summed E-state index contributed by atoms with van der Waals surface area (Å²) in [7, 11) is 1.15. The van der Waals surface area contributed by atoms with Gasteiger partial charge in [-0.25, -0.2) is 5.21 Å². The van der Waals surface area contributed by atoms with Crippen LogP contribution in [0.15, 0.2) is 24.3 Å². The highest BCUT2D eigenvalue weighted by Crippen LogP contribution is 2.22. The number of hydrogen-bond donors (Lipinski definition) is 2. The summed E-state index contributed by atoms with van der Waals surface area (Å²) in [6.07, 6.45) is 0. The molecule has 1 unspecified atom stereocenters. The van der Waals surface area contributed by atoms with Crippen molar-refractivity contribution in [1.82, 2.24) is 0 Å². The molecule has 6 heteroatoms. The van der Waals surface area contributed by atoms with Gasteiger partial charge >= 0.3 is 5.97 Å². The average Bonchev–Trinajstić information content (AvgIpc) is 2.30. The summed E-state index contributed by atoms with van der Waals surface area (Å²) in [6, 6.07) is 7.58. The van der Waals surface area contributed by atoms with E-state index in [1.165, 1.54) is 18.2 Å². The SMILES string of the molecule is COC(=O)[C@H](C#N)c1ccccc1[NH+]([O-])O. The van der Waals surface area contributed by atoms with Crippen LogP contribution in [0.3, 0.4) is 0 Å². The summed E-state index contributed by atoms with van der Waals surface area (Å²) < 4.78 is 4.44.